The van der Waals surface area contributed by atoms with Crippen LogP contribution in [0.1, 0.15) is 0 Å². The number of hydrogen-bond donors (Lipinski definition) is 1. The van der Waals surface area contributed by atoms with Gasteiger partial charge in [-0.15, -0.1) is 11.3 Å². The van der Waals surface area contributed by atoms with Crippen molar-refractivity contribution in [1.29, 1.82) is 0 Å². The van der Waals surface area contributed by atoms with E-state index >= 15 is 0 Å². The largest absolute Gasteiger partial charge is 0.497 e. The number of anilines is 1. The molecule has 3 heterocycles. The normalized spacial score (nSPS) is 14.7. The van der Waals surface area contributed by atoms with Crippen LogP contribution in [0.3, 0.4) is 0 Å². The number of methoxy groups -OCH3 is 1. The molecule has 1 fully saturated rings. The fraction of sp³-hybridized carbons (Fsp3) is 0.278. The number of nitrogens with one attached hydrogen (secondary N) is 1. The lowest BCUT2D eigenvalue weighted by Crippen LogP contribution is -2.35. The fourth-order valence-electron chi connectivity index (χ4n) is 2.92. The maximum absolute atomic E-state index is 6.53. The van der Waals surface area contributed by atoms with Gasteiger partial charge in [-0.25, -0.2) is 4.98 Å². The van der Waals surface area contributed by atoms with Crippen LogP contribution in [0.15, 0.2) is 36.7 Å². The van der Waals surface area contributed by atoms with Crippen LogP contribution in [0.4, 0.5) is 5.00 Å². The summed E-state index contributed by atoms with van der Waals surface area (Å²) in [5.41, 5.74) is 2.05. The molecule has 3 aromatic rings. The Morgan fingerprint density at radius 1 is 1.24 bits per heavy atom. The Balaban J connectivity index is 1.81. The van der Waals surface area contributed by atoms with Crippen LogP contribution in [-0.2, 0) is 4.74 Å². The van der Waals surface area contributed by atoms with Crippen molar-refractivity contribution in [2.75, 3.05) is 38.3 Å². The van der Waals surface area contributed by atoms with Crippen molar-refractivity contribution in [2.24, 2.45) is 0 Å². The molecule has 1 aromatic carbocycles. The summed E-state index contributed by atoms with van der Waals surface area (Å²) in [7, 11) is 1.64. The minimum Gasteiger partial charge on any atom is -0.497 e. The Morgan fingerprint density at radius 3 is 2.76 bits per heavy atom. The molecule has 0 unspecified atom stereocenters. The molecule has 0 aliphatic carbocycles. The van der Waals surface area contributed by atoms with Gasteiger partial charge in [-0.1, -0.05) is 11.6 Å². The Bertz CT molecular complexity index is 857. The molecule has 1 N–H and O–H groups in total. The highest BCUT2D eigenvalue weighted by Gasteiger charge is 2.21. The average Bonchev–Trinajstić information content (AvgIpc) is 3.32. The number of aromatic nitrogens is 2. The van der Waals surface area contributed by atoms with Crippen LogP contribution in [0.25, 0.3) is 21.8 Å². The van der Waals surface area contributed by atoms with Gasteiger partial charge in [-0.2, -0.15) is 0 Å². The van der Waals surface area contributed by atoms with Gasteiger partial charge >= 0.3 is 0 Å². The first-order valence-corrected chi connectivity index (χ1v) is 9.26. The standard InChI is InChI=1S/C18H18ClN3O2S/c1-23-12-2-3-13(15(19)10-12)14-11-16(22-6-8-24-9-7-22)25-17(14)18-20-4-5-21-18/h2-5,10-11H,6-9H2,1H3,(H,20,21). The van der Waals surface area contributed by atoms with Gasteiger partial charge in [0.15, 0.2) is 0 Å². The molecule has 130 valence electrons. The highest BCUT2D eigenvalue weighted by Crippen LogP contribution is 2.44. The second kappa shape index (κ2) is 7.07. The van der Waals surface area contributed by atoms with Crippen molar-refractivity contribution in [1.82, 2.24) is 9.97 Å². The van der Waals surface area contributed by atoms with Gasteiger partial charge < -0.3 is 19.4 Å². The fourth-order valence-corrected chi connectivity index (χ4v) is 4.38. The summed E-state index contributed by atoms with van der Waals surface area (Å²) in [6.07, 6.45) is 3.60. The van der Waals surface area contributed by atoms with E-state index < -0.39 is 0 Å². The minimum atomic E-state index is 0.665. The van der Waals surface area contributed by atoms with Gasteiger partial charge in [0.25, 0.3) is 0 Å². The Kier molecular flexibility index (Phi) is 4.65. The van der Waals surface area contributed by atoms with Gasteiger partial charge in [0.2, 0.25) is 0 Å². The summed E-state index contributed by atoms with van der Waals surface area (Å²) in [5, 5.41) is 1.87. The zero-order valence-electron chi connectivity index (χ0n) is 13.8. The van der Waals surface area contributed by atoms with E-state index in [0.717, 1.165) is 53.9 Å². The molecule has 2 aromatic heterocycles. The molecule has 0 bridgehead atoms. The van der Waals surface area contributed by atoms with Gasteiger partial charge in [-0.3, -0.25) is 0 Å². The smallest absolute Gasteiger partial charge is 0.148 e. The lowest BCUT2D eigenvalue weighted by molar-refractivity contribution is 0.123. The highest BCUT2D eigenvalue weighted by molar-refractivity contribution is 7.20. The van der Waals surface area contributed by atoms with Crippen molar-refractivity contribution in [3.8, 4) is 27.6 Å². The van der Waals surface area contributed by atoms with Crippen molar-refractivity contribution in [2.45, 2.75) is 0 Å². The third-order valence-electron chi connectivity index (χ3n) is 4.22. The molecule has 0 spiro atoms. The number of nitrogens with zero attached hydrogens (tertiary/aromatic N) is 2. The molecule has 0 radical (unpaired) electrons. The number of rotatable bonds is 4. The van der Waals surface area contributed by atoms with Crippen LogP contribution >= 0.6 is 22.9 Å². The van der Waals surface area contributed by atoms with Crippen LogP contribution in [0.5, 0.6) is 5.75 Å². The SMILES string of the molecule is COc1ccc(-c2cc(N3CCOCC3)sc2-c2ncc[nH]2)c(Cl)c1. The summed E-state index contributed by atoms with van der Waals surface area (Å²) in [6, 6.07) is 7.97. The van der Waals surface area contributed by atoms with E-state index in [0.29, 0.717) is 5.02 Å². The molecular formula is C18H18ClN3O2S. The third-order valence-corrected chi connectivity index (χ3v) is 5.74. The first-order chi connectivity index (χ1) is 12.3. The zero-order chi connectivity index (χ0) is 17.2. The van der Waals surface area contributed by atoms with Gasteiger partial charge in [0.1, 0.15) is 11.6 Å². The number of H-pyrrole nitrogens is 1. The highest BCUT2D eigenvalue weighted by atomic mass is 35.5. The molecule has 4 rings (SSSR count). The number of aromatic amines is 1. The van der Waals surface area contributed by atoms with Crippen LogP contribution < -0.4 is 9.64 Å². The Morgan fingerprint density at radius 2 is 2.08 bits per heavy atom. The molecule has 1 aliphatic heterocycles. The van der Waals surface area contributed by atoms with E-state index in [9.17, 15) is 0 Å². The first kappa shape index (κ1) is 16.4. The topological polar surface area (TPSA) is 50.4 Å². The van der Waals surface area contributed by atoms with Crippen molar-refractivity contribution in [3.63, 3.8) is 0 Å². The van der Waals surface area contributed by atoms with Crippen molar-refractivity contribution in [3.05, 3.63) is 41.7 Å². The number of thiophene rings is 1. The lowest BCUT2D eigenvalue weighted by Gasteiger charge is -2.27. The number of hydrogen-bond acceptors (Lipinski definition) is 5. The lowest BCUT2D eigenvalue weighted by atomic mass is 10.1. The number of ether oxygens (including phenoxy) is 2. The maximum atomic E-state index is 6.53. The summed E-state index contributed by atoms with van der Waals surface area (Å²) in [4.78, 5) is 11.1. The van der Waals surface area contributed by atoms with Gasteiger partial charge in [-0.05, 0) is 24.3 Å². The van der Waals surface area contributed by atoms with Crippen LogP contribution in [0, 0.1) is 0 Å². The maximum Gasteiger partial charge on any atom is 0.148 e. The number of benzene rings is 1. The molecule has 0 saturated carbocycles. The molecule has 7 heteroatoms. The molecule has 1 saturated heterocycles. The zero-order valence-corrected chi connectivity index (χ0v) is 15.4. The van der Waals surface area contributed by atoms with Crippen LogP contribution in [-0.4, -0.2) is 43.4 Å². The quantitative estimate of drug-likeness (QED) is 0.738. The van der Waals surface area contributed by atoms with E-state index in [-0.39, 0.29) is 0 Å². The first-order valence-electron chi connectivity index (χ1n) is 8.06. The van der Waals surface area contributed by atoms with E-state index in [1.165, 1.54) is 5.00 Å². The molecule has 5 nitrogen and oxygen atoms in total. The average molecular weight is 376 g/mol. The predicted molar refractivity (Wildman–Crippen MR) is 102 cm³/mol. The van der Waals surface area contributed by atoms with Gasteiger partial charge in [0, 0.05) is 36.6 Å². The molecule has 0 amide bonds. The molecule has 25 heavy (non-hydrogen) atoms. The van der Waals surface area contributed by atoms with Crippen molar-refractivity contribution >= 4 is 27.9 Å². The Hall–Kier alpha value is -2.02. The molecular weight excluding hydrogens is 358 g/mol. The number of halogens is 1. The predicted octanol–water partition coefficient (Wildman–Crippen LogP) is 4.30. The van der Waals surface area contributed by atoms with E-state index in [1.54, 1.807) is 24.6 Å². The summed E-state index contributed by atoms with van der Waals surface area (Å²) in [6.45, 7) is 3.31. The molecule has 0 atom stereocenters. The van der Waals surface area contributed by atoms with Crippen LogP contribution in [0.2, 0.25) is 5.02 Å². The summed E-state index contributed by atoms with van der Waals surface area (Å²) < 4.78 is 10.7. The van der Waals surface area contributed by atoms with Gasteiger partial charge in [0.05, 0.1) is 35.2 Å². The monoisotopic (exact) mass is 375 g/mol. The van der Waals surface area contributed by atoms with E-state index in [1.807, 2.05) is 24.4 Å². The second-order valence-corrected chi connectivity index (χ2v) is 7.15. The van der Waals surface area contributed by atoms with E-state index in [2.05, 4.69) is 20.9 Å². The molecule has 1 aliphatic rings. The van der Waals surface area contributed by atoms with Crippen molar-refractivity contribution < 1.29 is 9.47 Å². The number of imidazole rings is 1. The summed E-state index contributed by atoms with van der Waals surface area (Å²) in [5.74, 6) is 1.60. The second-order valence-electron chi connectivity index (χ2n) is 5.71. The third kappa shape index (κ3) is 3.25. The Labute approximate surface area is 155 Å². The number of morpholine rings is 1. The summed E-state index contributed by atoms with van der Waals surface area (Å²) >= 11 is 8.26. The minimum absolute atomic E-state index is 0.665. The van der Waals surface area contributed by atoms with E-state index in [4.69, 9.17) is 21.1 Å².